The van der Waals surface area contributed by atoms with Gasteiger partial charge >= 0.3 is 0 Å². The van der Waals surface area contributed by atoms with Crippen LogP contribution in [-0.2, 0) is 37.1 Å². The van der Waals surface area contributed by atoms with Crippen molar-refractivity contribution >= 4 is 17.5 Å². The van der Waals surface area contributed by atoms with Crippen molar-refractivity contribution in [3.05, 3.63) is 52.6 Å². The van der Waals surface area contributed by atoms with E-state index in [4.69, 9.17) is 11.6 Å². The van der Waals surface area contributed by atoms with E-state index in [1.165, 1.54) is 40.8 Å². The smallest absolute Gasteiger partial charge is 0.238 e. The highest BCUT2D eigenvalue weighted by atomic mass is 35.5. The lowest BCUT2D eigenvalue weighted by Gasteiger charge is -2.35. The van der Waals surface area contributed by atoms with Gasteiger partial charge in [-0.25, -0.2) is 4.98 Å². The van der Waals surface area contributed by atoms with Crippen molar-refractivity contribution in [3.63, 3.8) is 0 Å². The number of benzene rings is 1. The van der Waals surface area contributed by atoms with Crippen LogP contribution < -0.4 is 0 Å². The summed E-state index contributed by atoms with van der Waals surface area (Å²) in [6.45, 7) is 3.65. The van der Waals surface area contributed by atoms with Crippen LogP contribution in [0.2, 0.25) is 0 Å². The van der Waals surface area contributed by atoms with Crippen molar-refractivity contribution in [3.8, 4) is 0 Å². The molecule has 0 saturated heterocycles. The molecule has 2 aromatic rings. The van der Waals surface area contributed by atoms with Crippen LogP contribution in [0.25, 0.3) is 0 Å². The van der Waals surface area contributed by atoms with Gasteiger partial charge in [-0.05, 0) is 61.3 Å². The maximum atomic E-state index is 12.6. The van der Waals surface area contributed by atoms with Gasteiger partial charge < -0.3 is 9.47 Å². The van der Waals surface area contributed by atoms with Crippen LogP contribution >= 0.6 is 11.6 Å². The zero-order valence-electron chi connectivity index (χ0n) is 14.7. The molecule has 25 heavy (non-hydrogen) atoms. The van der Waals surface area contributed by atoms with Crippen LogP contribution in [0.15, 0.2) is 24.7 Å². The minimum absolute atomic E-state index is 0.0217. The molecule has 1 aromatic heterocycles. The van der Waals surface area contributed by atoms with Gasteiger partial charge in [0.2, 0.25) is 5.91 Å². The van der Waals surface area contributed by atoms with Crippen LogP contribution in [0.4, 0.5) is 0 Å². The third-order valence-electron chi connectivity index (χ3n) is 5.67. The Bertz CT molecular complexity index is 798. The molecular weight excluding hydrogens is 334 g/mol. The Morgan fingerprint density at radius 3 is 3.08 bits per heavy atom. The Balaban J connectivity index is 1.58. The lowest BCUT2D eigenvalue weighted by atomic mass is 9.99. The number of amides is 1. The van der Waals surface area contributed by atoms with Gasteiger partial charge in [-0.1, -0.05) is 12.1 Å². The fraction of sp³-hybridized carbons (Fsp3) is 0.500. The van der Waals surface area contributed by atoms with Crippen molar-refractivity contribution in [1.29, 1.82) is 0 Å². The number of fused-ring (bicyclic) bond motifs is 2. The molecule has 1 aliphatic heterocycles. The molecule has 5 heteroatoms. The van der Waals surface area contributed by atoms with Crippen molar-refractivity contribution in [1.82, 2.24) is 14.5 Å². The van der Waals surface area contributed by atoms with E-state index < -0.39 is 0 Å². The molecule has 0 fully saturated rings. The summed E-state index contributed by atoms with van der Waals surface area (Å²) >= 11 is 5.93. The van der Waals surface area contributed by atoms with E-state index in [2.05, 4.69) is 28.6 Å². The van der Waals surface area contributed by atoms with Gasteiger partial charge in [0.25, 0.3) is 0 Å². The summed E-state index contributed by atoms with van der Waals surface area (Å²) in [6, 6.07) is 4.74. The molecule has 2 heterocycles. The molecule has 132 valence electrons. The quantitative estimate of drug-likeness (QED) is 0.788. The van der Waals surface area contributed by atoms with E-state index in [0.29, 0.717) is 6.54 Å². The second kappa shape index (κ2) is 6.83. The number of imidazole rings is 1. The van der Waals surface area contributed by atoms with Crippen molar-refractivity contribution in [2.75, 3.05) is 5.88 Å². The molecule has 1 aliphatic carbocycles. The van der Waals surface area contributed by atoms with Crippen LogP contribution in [0.1, 0.15) is 40.8 Å². The average Bonchev–Trinajstić information content (AvgIpc) is 3.27. The first kappa shape index (κ1) is 16.6. The molecule has 1 aromatic carbocycles. The van der Waals surface area contributed by atoms with Gasteiger partial charge in [-0.3, -0.25) is 4.79 Å². The summed E-state index contributed by atoms with van der Waals surface area (Å²) in [5, 5.41) is 0. The fourth-order valence-corrected chi connectivity index (χ4v) is 4.55. The molecule has 0 radical (unpaired) electrons. The van der Waals surface area contributed by atoms with E-state index in [1.54, 1.807) is 0 Å². The molecule has 0 saturated carbocycles. The molecule has 2 aliphatic rings. The summed E-state index contributed by atoms with van der Waals surface area (Å²) in [5.74, 6) is 0.0605. The normalized spacial score (nSPS) is 18.7. The molecule has 4 nitrogen and oxygen atoms in total. The number of aromatic nitrogens is 2. The number of carbonyl (C=O) groups excluding carboxylic acids is 1. The Morgan fingerprint density at radius 1 is 1.36 bits per heavy atom. The van der Waals surface area contributed by atoms with Gasteiger partial charge in [0.1, 0.15) is 5.88 Å². The third kappa shape index (κ3) is 3.20. The highest BCUT2D eigenvalue weighted by Gasteiger charge is 2.28. The van der Waals surface area contributed by atoms with Gasteiger partial charge in [-0.15, -0.1) is 11.6 Å². The average molecular weight is 358 g/mol. The van der Waals surface area contributed by atoms with E-state index in [-0.39, 0.29) is 17.8 Å². The molecule has 1 amide bonds. The zero-order chi connectivity index (χ0) is 17.4. The summed E-state index contributed by atoms with van der Waals surface area (Å²) < 4.78 is 2.16. The summed E-state index contributed by atoms with van der Waals surface area (Å²) in [7, 11) is 0. The first-order valence-corrected chi connectivity index (χ1v) is 9.65. The molecule has 0 N–H and O–H groups in total. The number of aryl methyl sites for hydroxylation is 3. The van der Waals surface area contributed by atoms with Gasteiger partial charge in [0.05, 0.1) is 12.4 Å². The van der Waals surface area contributed by atoms with Crippen LogP contribution in [0, 0.1) is 6.92 Å². The predicted molar refractivity (Wildman–Crippen MR) is 98.8 cm³/mol. The Labute approximate surface area is 153 Å². The lowest BCUT2D eigenvalue weighted by molar-refractivity contribution is -0.132. The number of hydrogen-bond acceptors (Lipinski definition) is 2. The number of carbonyl (C=O) groups is 1. The molecular formula is C20H24ClN3O. The molecule has 1 unspecified atom stereocenters. The van der Waals surface area contributed by atoms with Crippen LogP contribution in [-0.4, -0.2) is 32.3 Å². The highest BCUT2D eigenvalue weighted by Crippen LogP contribution is 2.28. The monoisotopic (exact) mass is 357 g/mol. The fourth-order valence-electron chi connectivity index (χ4n) is 4.40. The van der Waals surface area contributed by atoms with Crippen LogP contribution in [0.3, 0.4) is 0 Å². The summed E-state index contributed by atoms with van der Waals surface area (Å²) in [5.41, 5.74) is 6.83. The number of alkyl halides is 1. The Kier molecular flexibility index (Phi) is 4.55. The minimum atomic E-state index is 0.0217. The van der Waals surface area contributed by atoms with Crippen molar-refractivity contribution in [2.24, 2.45) is 0 Å². The van der Waals surface area contributed by atoms with Gasteiger partial charge in [-0.2, -0.15) is 0 Å². The second-order valence-corrected chi connectivity index (χ2v) is 7.56. The summed E-state index contributed by atoms with van der Waals surface area (Å²) in [4.78, 5) is 18.8. The molecule has 0 bridgehead atoms. The Hall–Kier alpha value is -1.81. The maximum absolute atomic E-state index is 12.6. The third-order valence-corrected chi connectivity index (χ3v) is 5.89. The van der Waals surface area contributed by atoms with Crippen LogP contribution in [0.5, 0.6) is 0 Å². The van der Waals surface area contributed by atoms with E-state index in [1.807, 2.05) is 17.4 Å². The lowest BCUT2D eigenvalue weighted by Crippen LogP contribution is -2.45. The first-order chi connectivity index (χ1) is 12.2. The number of nitrogens with zero attached hydrogens (tertiary/aromatic N) is 3. The SMILES string of the molecule is Cc1cc(CN(C(=O)CCl)C2CCc3cncn3C2)cc2c1CCC2. The topological polar surface area (TPSA) is 38.1 Å². The summed E-state index contributed by atoms with van der Waals surface area (Å²) in [6.07, 6.45) is 9.32. The molecule has 1 atom stereocenters. The van der Waals surface area contributed by atoms with E-state index in [9.17, 15) is 4.79 Å². The molecule has 0 spiro atoms. The molecule has 4 rings (SSSR count). The standard InChI is InChI=1S/C20H24ClN3O/c1-14-7-15(8-16-3-2-4-19(14)16)11-24(20(25)9-21)18-6-5-17-10-22-13-23(17)12-18/h7-8,10,13,18H,2-6,9,11-12H2,1H3. The van der Waals surface area contributed by atoms with E-state index >= 15 is 0 Å². The predicted octanol–water partition coefficient (Wildman–Crippen LogP) is 3.26. The minimum Gasteiger partial charge on any atom is -0.333 e. The van der Waals surface area contributed by atoms with Crippen molar-refractivity contribution < 1.29 is 4.79 Å². The number of rotatable bonds is 4. The number of hydrogen-bond donors (Lipinski definition) is 0. The van der Waals surface area contributed by atoms with Gasteiger partial charge in [0.15, 0.2) is 0 Å². The number of halogens is 1. The van der Waals surface area contributed by atoms with Crippen molar-refractivity contribution in [2.45, 2.75) is 58.2 Å². The highest BCUT2D eigenvalue weighted by molar-refractivity contribution is 6.27. The largest absolute Gasteiger partial charge is 0.333 e. The van der Waals surface area contributed by atoms with Gasteiger partial charge in [0, 0.05) is 25.0 Å². The second-order valence-electron chi connectivity index (χ2n) is 7.29. The first-order valence-electron chi connectivity index (χ1n) is 9.11. The zero-order valence-corrected chi connectivity index (χ0v) is 15.4. The Morgan fingerprint density at radius 2 is 2.24 bits per heavy atom. The maximum Gasteiger partial charge on any atom is 0.238 e. The van der Waals surface area contributed by atoms with E-state index in [0.717, 1.165) is 25.8 Å².